The zero-order chi connectivity index (χ0) is 11.5. The zero-order valence-electron chi connectivity index (χ0n) is 8.18. The molecule has 0 atom stereocenters. The van der Waals surface area contributed by atoms with Gasteiger partial charge in [0.15, 0.2) is 0 Å². The number of aromatic amines is 1. The number of nitrogens with zero attached hydrogens (tertiary/aromatic N) is 4. The van der Waals surface area contributed by atoms with Gasteiger partial charge in [-0.15, -0.1) is 5.10 Å². The van der Waals surface area contributed by atoms with Crippen molar-refractivity contribution in [2.75, 3.05) is 5.32 Å². The molecule has 0 aromatic carbocycles. The van der Waals surface area contributed by atoms with Crippen LogP contribution in [-0.4, -0.2) is 25.7 Å². The minimum atomic E-state index is -0.353. The molecule has 0 saturated carbocycles. The number of hydrogen-bond donors (Lipinski definition) is 2. The number of aromatic nitrogens is 4. The van der Waals surface area contributed by atoms with Gasteiger partial charge in [-0.1, -0.05) is 4.49 Å². The largest absolute Gasteiger partial charge is 0.305 e. The molecule has 7 nitrogen and oxygen atoms in total. The van der Waals surface area contributed by atoms with Gasteiger partial charge in [0.2, 0.25) is 0 Å². The Morgan fingerprint density at radius 2 is 2.50 bits per heavy atom. The van der Waals surface area contributed by atoms with Crippen LogP contribution in [0, 0.1) is 18.3 Å². The highest BCUT2D eigenvalue weighted by molar-refractivity contribution is 7.08. The lowest BCUT2D eigenvalue weighted by Gasteiger charge is -1.99. The summed E-state index contributed by atoms with van der Waals surface area (Å²) < 4.78 is 3.65. The normalized spacial score (nSPS) is 9.75. The van der Waals surface area contributed by atoms with Gasteiger partial charge in [0.1, 0.15) is 22.3 Å². The van der Waals surface area contributed by atoms with Crippen LogP contribution in [-0.2, 0) is 0 Å². The monoisotopic (exact) mass is 234 g/mol. The van der Waals surface area contributed by atoms with E-state index in [1.165, 1.54) is 6.20 Å². The highest BCUT2D eigenvalue weighted by atomic mass is 32.1. The number of amides is 1. The summed E-state index contributed by atoms with van der Waals surface area (Å²) in [6.07, 6.45) is 1.34. The van der Waals surface area contributed by atoms with E-state index in [0.717, 1.165) is 11.5 Å². The first-order valence-electron chi connectivity index (χ1n) is 4.26. The molecule has 2 aromatic heterocycles. The third kappa shape index (κ3) is 1.76. The Bertz CT molecular complexity index is 565. The van der Waals surface area contributed by atoms with Crippen molar-refractivity contribution in [3.63, 3.8) is 0 Å². The van der Waals surface area contributed by atoms with Crippen LogP contribution in [0.1, 0.15) is 20.9 Å². The highest BCUT2D eigenvalue weighted by Crippen LogP contribution is 2.14. The number of carbonyl (C=O) groups excluding carboxylic acids is 1. The third-order valence-electron chi connectivity index (χ3n) is 1.86. The molecule has 0 saturated heterocycles. The first-order chi connectivity index (χ1) is 7.72. The number of carbonyl (C=O) groups is 1. The Morgan fingerprint density at radius 1 is 1.69 bits per heavy atom. The number of rotatable bonds is 2. The average molecular weight is 234 g/mol. The SMILES string of the molecule is Cc1nnsc1C(=O)Nc1[nH]ncc1C#N. The highest BCUT2D eigenvalue weighted by Gasteiger charge is 2.15. The molecule has 16 heavy (non-hydrogen) atoms. The molecule has 2 N–H and O–H groups in total. The predicted octanol–water partition coefficient (Wildman–Crippen LogP) is 0.694. The Hall–Kier alpha value is -2.27. The summed E-state index contributed by atoms with van der Waals surface area (Å²) in [6, 6.07) is 1.90. The summed E-state index contributed by atoms with van der Waals surface area (Å²) in [5, 5.41) is 21.2. The summed E-state index contributed by atoms with van der Waals surface area (Å²) >= 11 is 1.00. The summed E-state index contributed by atoms with van der Waals surface area (Å²) in [7, 11) is 0. The second kappa shape index (κ2) is 4.08. The van der Waals surface area contributed by atoms with E-state index in [1.807, 2.05) is 6.07 Å². The number of nitriles is 1. The van der Waals surface area contributed by atoms with Crippen LogP contribution in [0.5, 0.6) is 0 Å². The van der Waals surface area contributed by atoms with Crippen molar-refractivity contribution in [2.45, 2.75) is 6.92 Å². The van der Waals surface area contributed by atoms with Crippen LogP contribution < -0.4 is 5.32 Å². The van der Waals surface area contributed by atoms with Gasteiger partial charge >= 0.3 is 0 Å². The Labute approximate surface area is 94.3 Å². The van der Waals surface area contributed by atoms with E-state index in [4.69, 9.17) is 5.26 Å². The molecule has 0 fully saturated rings. The van der Waals surface area contributed by atoms with Crippen LogP contribution in [0.25, 0.3) is 0 Å². The van der Waals surface area contributed by atoms with Gasteiger partial charge in [-0.3, -0.25) is 9.89 Å². The van der Waals surface area contributed by atoms with Crippen LogP contribution in [0.15, 0.2) is 6.20 Å². The molecule has 0 unspecified atom stereocenters. The fourth-order valence-corrected chi connectivity index (χ4v) is 1.63. The van der Waals surface area contributed by atoms with E-state index in [9.17, 15) is 4.79 Å². The van der Waals surface area contributed by atoms with Crippen LogP contribution in [0.4, 0.5) is 5.82 Å². The molecule has 2 rings (SSSR count). The Morgan fingerprint density at radius 3 is 3.12 bits per heavy atom. The maximum absolute atomic E-state index is 11.7. The topological polar surface area (TPSA) is 107 Å². The summed E-state index contributed by atoms with van der Waals surface area (Å²) in [5.41, 5.74) is 0.837. The molecule has 0 aliphatic rings. The van der Waals surface area contributed by atoms with Crippen molar-refractivity contribution in [3.05, 3.63) is 22.3 Å². The minimum absolute atomic E-state index is 0.278. The summed E-state index contributed by atoms with van der Waals surface area (Å²) in [4.78, 5) is 12.1. The zero-order valence-corrected chi connectivity index (χ0v) is 9.00. The first-order valence-corrected chi connectivity index (χ1v) is 5.03. The molecule has 8 heteroatoms. The molecular weight excluding hydrogens is 228 g/mol. The van der Waals surface area contributed by atoms with Gasteiger partial charge in [0.25, 0.3) is 5.91 Å². The fourth-order valence-electron chi connectivity index (χ4n) is 1.08. The molecule has 1 amide bonds. The average Bonchev–Trinajstić information content (AvgIpc) is 2.86. The first kappa shape index (κ1) is 10.3. The number of hydrogen-bond acceptors (Lipinski definition) is 6. The smallest absolute Gasteiger partial charge is 0.270 e. The van der Waals surface area contributed by atoms with Crippen molar-refractivity contribution in [2.24, 2.45) is 0 Å². The quantitative estimate of drug-likeness (QED) is 0.795. The fraction of sp³-hybridized carbons (Fsp3) is 0.125. The molecule has 0 aliphatic carbocycles. The summed E-state index contributed by atoms with van der Waals surface area (Å²) in [6.45, 7) is 1.69. The lowest BCUT2D eigenvalue weighted by atomic mass is 10.3. The molecule has 2 heterocycles. The minimum Gasteiger partial charge on any atom is -0.305 e. The molecule has 80 valence electrons. The second-order valence-corrected chi connectivity index (χ2v) is 3.67. The maximum atomic E-state index is 11.7. The Kier molecular flexibility index (Phi) is 2.61. The van der Waals surface area contributed by atoms with Gasteiger partial charge in [-0.25, -0.2) is 0 Å². The molecule has 0 radical (unpaired) electrons. The number of aryl methyl sites for hydroxylation is 1. The predicted molar refractivity (Wildman–Crippen MR) is 55.9 cm³/mol. The van der Waals surface area contributed by atoms with Crippen molar-refractivity contribution in [1.29, 1.82) is 5.26 Å². The second-order valence-electron chi connectivity index (χ2n) is 2.91. The number of nitrogens with one attached hydrogen (secondary N) is 2. The van der Waals surface area contributed by atoms with Crippen LogP contribution >= 0.6 is 11.5 Å². The van der Waals surface area contributed by atoms with Crippen LogP contribution in [0.2, 0.25) is 0 Å². The van der Waals surface area contributed by atoms with E-state index in [0.29, 0.717) is 10.6 Å². The van der Waals surface area contributed by atoms with E-state index in [2.05, 4.69) is 25.1 Å². The maximum Gasteiger partial charge on any atom is 0.270 e. The lowest BCUT2D eigenvalue weighted by molar-refractivity contribution is 0.102. The standard InChI is InChI=1S/C8H6N6OS/c1-4-6(16-14-12-4)8(15)11-7-5(2-9)3-10-13-7/h3H,1H3,(H2,10,11,13,15). The van der Waals surface area contributed by atoms with E-state index >= 15 is 0 Å². The van der Waals surface area contributed by atoms with Gasteiger partial charge in [-0.2, -0.15) is 10.4 Å². The molecule has 2 aromatic rings. The molecular formula is C8H6N6OS. The summed E-state index contributed by atoms with van der Waals surface area (Å²) in [5.74, 6) is -0.0754. The van der Waals surface area contributed by atoms with Crippen molar-refractivity contribution in [3.8, 4) is 6.07 Å². The van der Waals surface area contributed by atoms with E-state index in [1.54, 1.807) is 6.92 Å². The number of anilines is 1. The van der Waals surface area contributed by atoms with Crippen LogP contribution in [0.3, 0.4) is 0 Å². The van der Waals surface area contributed by atoms with Gasteiger partial charge in [0.05, 0.1) is 11.9 Å². The molecule has 0 spiro atoms. The van der Waals surface area contributed by atoms with Crippen molar-refractivity contribution < 1.29 is 4.79 Å². The Balaban J connectivity index is 2.21. The van der Waals surface area contributed by atoms with Crippen molar-refractivity contribution in [1.82, 2.24) is 19.8 Å². The van der Waals surface area contributed by atoms with Gasteiger partial charge in [-0.05, 0) is 18.5 Å². The van der Waals surface area contributed by atoms with E-state index in [-0.39, 0.29) is 17.3 Å². The third-order valence-corrected chi connectivity index (χ3v) is 2.68. The molecule has 0 aliphatic heterocycles. The number of H-pyrrole nitrogens is 1. The van der Waals surface area contributed by atoms with E-state index < -0.39 is 0 Å². The van der Waals surface area contributed by atoms with Crippen molar-refractivity contribution >= 4 is 23.3 Å². The van der Waals surface area contributed by atoms with Gasteiger partial charge < -0.3 is 5.32 Å². The molecule has 0 bridgehead atoms. The van der Waals surface area contributed by atoms with Gasteiger partial charge in [0, 0.05) is 0 Å². The lowest BCUT2D eigenvalue weighted by Crippen LogP contribution is -2.12.